The highest BCUT2D eigenvalue weighted by Crippen LogP contribution is 2.29. The van der Waals surface area contributed by atoms with Crippen LogP contribution in [0.15, 0.2) is 54.6 Å². The predicted molar refractivity (Wildman–Crippen MR) is 119 cm³/mol. The quantitative estimate of drug-likeness (QED) is 0.766. The Morgan fingerprint density at radius 3 is 2.53 bits per heavy atom. The Bertz CT molecular complexity index is 883. The number of rotatable bonds is 5. The third kappa shape index (κ3) is 4.57. The fraction of sp³-hybridized carbons (Fsp3) is 0.440. The van der Waals surface area contributed by atoms with E-state index in [0.717, 1.165) is 56.8 Å². The molecule has 2 aliphatic heterocycles. The maximum absolute atomic E-state index is 13.2. The Morgan fingerprint density at radius 1 is 0.967 bits per heavy atom. The van der Waals surface area contributed by atoms with E-state index < -0.39 is 0 Å². The minimum absolute atomic E-state index is 0.0646. The van der Waals surface area contributed by atoms with Crippen LogP contribution in [0.3, 0.4) is 0 Å². The van der Waals surface area contributed by atoms with E-state index in [1.54, 1.807) is 0 Å². The summed E-state index contributed by atoms with van der Waals surface area (Å²) in [7, 11) is 0. The molecule has 2 aliphatic rings. The predicted octanol–water partition coefficient (Wildman–Crippen LogP) is 3.34. The molecule has 5 heteroatoms. The van der Waals surface area contributed by atoms with Gasteiger partial charge in [0.1, 0.15) is 0 Å². The van der Waals surface area contributed by atoms with E-state index >= 15 is 0 Å². The first-order valence-corrected chi connectivity index (χ1v) is 11.1. The average Bonchev–Trinajstić information content (AvgIpc) is 3.01. The van der Waals surface area contributed by atoms with Gasteiger partial charge >= 0.3 is 0 Å². The van der Waals surface area contributed by atoms with Gasteiger partial charge in [-0.15, -0.1) is 0 Å². The number of anilines is 1. The SMILES string of the molecule is CCc1ccccc1N1CC(C(=O)N2CCCN(Cc3ccccc3)CC2)CC1=O. The lowest BCUT2D eigenvalue weighted by Crippen LogP contribution is -2.40. The molecule has 1 atom stereocenters. The Hall–Kier alpha value is -2.66. The zero-order chi connectivity index (χ0) is 20.9. The molecule has 0 aromatic heterocycles. The molecule has 0 spiro atoms. The number of aryl methyl sites for hydroxylation is 1. The van der Waals surface area contributed by atoms with Crippen molar-refractivity contribution in [2.75, 3.05) is 37.6 Å². The summed E-state index contributed by atoms with van der Waals surface area (Å²) in [6.07, 6.45) is 2.17. The molecule has 0 radical (unpaired) electrons. The minimum atomic E-state index is -0.233. The van der Waals surface area contributed by atoms with Crippen LogP contribution >= 0.6 is 0 Å². The molecule has 0 aliphatic carbocycles. The standard InChI is InChI=1S/C25H31N3O2/c1-2-21-11-6-7-12-23(21)28-19-22(17-24(28)29)25(30)27-14-8-13-26(15-16-27)18-20-9-4-3-5-10-20/h3-7,9-12,22H,2,8,13-19H2,1H3. The Morgan fingerprint density at radius 2 is 1.73 bits per heavy atom. The fourth-order valence-corrected chi connectivity index (χ4v) is 4.63. The van der Waals surface area contributed by atoms with Crippen LogP contribution in [-0.4, -0.2) is 54.3 Å². The van der Waals surface area contributed by atoms with Crippen molar-refractivity contribution in [1.29, 1.82) is 0 Å². The van der Waals surface area contributed by atoms with E-state index in [2.05, 4.69) is 42.2 Å². The van der Waals surface area contributed by atoms with Crippen molar-refractivity contribution in [3.05, 3.63) is 65.7 Å². The zero-order valence-corrected chi connectivity index (χ0v) is 17.8. The summed E-state index contributed by atoms with van der Waals surface area (Å²) < 4.78 is 0. The van der Waals surface area contributed by atoms with Gasteiger partial charge in [-0.2, -0.15) is 0 Å². The van der Waals surface area contributed by atoms with Crippen LogP contribution in [0.1, 0.15) is 30.9 Å². The number of carbonyl (C=O) groups is 2. The smallest absolute Gasteiger partial charge is 0.228 e. The number of nitrogens with zero attached hydrogens (tertiary/aromatic N) is 3. The molecule has 158 valence electrons. The second kappa shape index (κ2) is 9.43. The summed E-state index contributed by atoms with van der Waals surface area (Å²) in [6.45, 7) is 6.91. The molecule has 30 heavy (non-hydrogen) atoms. The topological polar surface area (TPSA) is 43.9 Å². The van der Waals surface area contributed by atoms with Gasteiger partial charge in [-0.1, -0.05) is 55.5 Å². The summed E-state index contributed by atoms with van der Waals surface area (Å²) in [5.41, 5.74) is 3.43. The van der Waals surface area contributed by atoms with Crippen LogP contribution in [-0.2, 0) is 22.6 Å². The highest BCUT2D eigenvalue weighted by molar-refractivity contribution is 6.00. The lowest BCUT2D eigenvalue weighted by molar-refractivity contribution is -0.135. The van der Waals surface area contributed by atoms with E-state index in [-0.39, 0.29) is 17.7 Å². The van der Waals surface area contributed by atoms with Crippen molar-refractivity contribution >= 4 is 17.5 Å². The summed E-state index contributed by atoms with van der Waals surface area (Å²) >= 11 is 0. The summed E-state index contributed by atoms with van der Waals surface area (Å²) in [4.78, 5) is 32.2. The second-order valence-electron chi connectivity index (χ2n) is 8.33. The Labute approximate surface area is 179 Å². The summed E-state index contributed by atoms with van der Waals surface area (Å²) in [5, 5.41) is 0. The number of carbonyl (C=O) groups excluding carboxylic acids is 2. The number of amides is 2. The monoisotopic (exact) mass is 405 g/mol. The van der Waals surface area contributed by atoms with Crippen molar-refractivity contribution in [2.24, 2.45) is 5.92 Å². The van der Waals surface area contributed by atoms with E-state index in [9.17, 15) is 9.59 Å². The van der Waals surface area contributed by atoms with Gasteiger partial charge in [-0.3, -0.25) is 14.5 Å². The van der Waals surface area contributed by atoms with Crippen molar-refractivity contribution < 1.29 is 9.59 Å². The third-order valence-corrected chi connectivity index (χ3v) is 6.29. The molecule has 2 fully saturated rings. The number of hydrogen-bond donors (Lipinski definition) is 0. The van der Waals surface area contributed by atoms with Gasteiger partial charge in [0.15, 0.2) is 0 Å². The van der Waals surface area contributed by atoms with Gasteiger partial charge in [0.2, 0.25) is 11.8 Å². The summed E-state index contributed by atoms with van der Waals surface area (Å²) in [6, 6.07) is 18.5. The average molecular weight is 406 g/mol. The van der Waals surface area contributed by atoms with Gasteiger partial charge in [0.25, 0.3) is 0 Å². The van der Waals surface area contributed by atoms with Gasteiger partial charge < -0.3 is 9.80 Å². The molecule has 2 aromatic rings. The highest BCUT2D eigenvalue weighted by atomic mass is 16.2. The molecule has 0 bridgehead atoms. The number of hydrogen-bond acceptors (Lipinski definition) is 3. The first-order chi connectivity index (χ1) is 14.7. The van der Waals surface area contributed by atoms with Crippen LogP contribution in [0, 0.1) is 5.92 Å². The highest BCUT2D eigenvalue weighted by Gasteiger charge is 2.38. The maximum Gasteiger partial charge on any atom is 0.228 e. The first-order valence-electron chi connectivity index (χ1n) is 11.1. The number of benzene rings is 2. The molecule has 2 heterocycles. The number of para-hydroxylation sites is 1. The van der Waals surface area contributed by atoms with Crippen molar-refractivity contribution in [1.82, 2.24) is 9.80 Å². The van der Waals surface area contributed by atoms with Crippen LogP contribution in [0.5, 0.6) is 0 Å². The van der Waals surface area contributed by atoms with Crippen LogP contribution < -0.4 is 4.90 Å². The molecular weight excluding hydrogens is 374 g/mol. The van der Waals surface area contributed by atoms with Crippen molar-refractivity contribution in [3.8, 4) is 0 Å². The lowest BCUT2D eigenvalue weighted by atomic mass is 10.1. The van der Waals surface area contributed by atoms with Gasteiger partial charge in [-0.25, -0.2) is 0 Å². The van der Waals surface area contributed by atoms with Gasteiger partial charge in [-0.05, 0) is 30.0 Å². The Balaban J connectivity index is 1.37. The van der Waals surface area contributed by atoms with E-state index in [1.807, 2.05) is 34.1 Å². The molecule has 1 unspecified atom stereocenters. The second-order valence-corrected chi connectivity index (χ2v) is 8.33. The van der Waals surface area contributed by atoms with Crippen molar-refractivity contribution in [2.45, 2.75) is 32.7 Å². The fourth-order valence-electron chi connectivity index (χ4n) is 4.63. The van der Waals surface area contributed by atoms with E-state index in [1.165, 1.54) is 5.56 Å². The summed E-state index contributed by atoms with van der Waals surface area (Å²) in [5.74, 6) is -0.0285. The van der Waals surface area contributed by atoms with E-state index in [4.69, 9.17) is 0 Å². The van der Waals surface area contributed by atoms with Crippen LogP contribution in [0.25, 0.3) is 0 Å². The molecule has 2 amide bonds. The third-order valence-electron chi connectivity index (χ3n) is 6.29. The minimum Gasteiger partial charge on any atom is -0.341 e. The largest absolute Gasteiger partial charge is 0.341 e. The maximum atomic E-state index is 13.2. The van der Waals surface area contributed by atoms with Crippen LogP contribution in [0.4, 0.5) is 5.69 Å². The van der Waals surface area contributed by atoms with E-state index in [0.29, 0.717) is 13.0 Å². The zero-order valence-electron chi connectivity index (χ0n) is 17.8. The normalized spacial score (nSPS) is 20.4. The molecule has 2 saturated heterocycles. The molecule has 4 rings (SSSR count). The molecule has 0 saturated carbocycles. The lowest BCUT2D eigenvalue weighted by Gasteiger charge is -2.25. The van der Waals surface area contributed by atoms with Crippen LogP contribution in [0.2, 0.25) is 0 Å². The van der Waals surface area contributed by atoms with Gasteiger partial charge in [0.05, 0.1) is 5.92 Å². The molecule has 0 N–H and O–H groups in total. The van der Waals surface area contributed by atoms with Gasteiger partial charge in [0, 0.05) is 51.4 Å². The first kappa shape index (κ1) is 20.6. The molecular formula is C25H31N3O2. The molecule has 5 nitrogen and oxygen atoms in total. The van der Waals surface area contributed by atoms with Crippen molar-refractivity contribution in [3.63, 3.8) is 0 Å². The Kier molecular flexibility index (Phi) is 6.48. The molecule has 2 aromatic carbocycles.